The second-order valence-corrected chi connectivity index (χ2v) is 4.84. The van der Waals surface area contributed by atoms with Gasteiger partial charge < -0.3 is 0 Å². The Morgan fingerprint density at radius 1 is 0.900 bits per heavy atom. The molecule has 0 spiro atoms. The molecular weight excluding hydrogens is 160 g/mol. The summed E-state index contributed by atoms with van der Waals surface area (Å²) in [6, 6.07) is 0. The van der Waals surface area contributed by atoms with E-state index in [9.17, 15) is 0 Å². The zero-order valence-electron chi connectivity index (χ0n) is 6.21. The minimum atomic E-state index is 1.20. The summed E-state index contributed by atoms with van der Waals surface area (Å²) in [5.74, 6) is 1.20. The molecule has 0 saturated heterocycles. The van der Waals surface area contributed by atoms with Crippen molar-refractivity contribution < 1.29 is 0 Å². The SMILES string of the molecule is C1=CSSC1.C1CCCC1. The van der Waals surface area contributed by atoms with Gasteiger partial charge in [0.1, 0.15) is 0 Å². The molecule has 2 rings (SSSR count). The third-order valence-corrected chi connectivity index (χ3v) is 3.55. The van der Waals surface area contributed by atoms with E-state index in [4.69, 9.17) is 0 Å². The Morgan fingerprint density at radius 3 is 1.70 bits per heavy atom. The molecule has 2 heteroatoms. The summed E-state index contributed by atoms with van der Waals surface area (Å²) >= 11 is 0. The lowest BCUT2D eigenvalue weighted by atomic mass is 10.4. The average Bonchev–Trinajstić information content (AvgIpc) is 2.67. The fraction of sp³-hybridized carbons (Fsp3) is 0.750. The summed E-state index contributed by atoms with van der Waals surface area (Å²) in [5.41, 5.74) is 0. The van der Waals surface area contributed by atoms with Crippen molar-refractivity contribution in [3.63, 3.8) is 0 Å². The molecule has 0 unspecified atom stereocenters. The van der Waals surface area contributed by atoms with Crippen molar-refractivity contribution in [1.82, 2.24) is 0 Å². The van der Waals surface area contributed by atoms with Crippen LogP contribution in [-0.4, -0.2) is 5.75 Å². The van der Waals surface area contributed by atoms with Crippen LogP contribution in [0.25, 0.3) is 0 Å². The molecule has 0 N–H and O–H groups in total. The van der Waals surface area contributed by atoms with Crippen LogP contribution in [0.3, 0.4) is 0 Å². The molecule has 1 aliphatic heterocycles. The summed E-state index contributed by atoms with van der Waals surface area (Å²) in [4.78, 5) is 0. The van der Waals surface area contributed by atoms with E-state index in [-0.39, 0.29) is 0 Å². The molecule has 1 saturated carbocycles. The molecule has 1 heterocycles. The van der Waals surface area contributed by atoms with Gasteiger partial charge in [0.2, 0.25) is 0 Å². The maximum atomic E-state index is 2.16. The van der Waals surface area contributed by atoms with Crippen molar-refractivity contribution in [2.75, 3.05) is 5.75 Å². The first-order valence-corrected chi connectivity index (χ1v) is 6.31. The molecule has 0 atom stereocenters. The largest absolute Gasteiger partial charge is 0.0854 e. The van der Waals surface area contributed by atoms with E-state index in [0.717, 1.165) is 0 Å². The topological polar surface area (TPSA) is 0 Å². The summed E-state index contributed by atoms with van der Waals surface area (Å²) in [7, 11) is 3.69. The maximum Gasteiger partial charge on any atom is 0.0229 e. The molecule has 1 aliphatic carbocycles. The molecule has 0 nitrogen and oxygen atoms in total. The van der Waals surface area contributed by atoms with E-state index in [0.29, 0.717) is 0 Å². The van der Waals surface area contributed by atoms with Crippen molar-refractivity contribution in [2.24, 2.45) is 0 Å². The van der Waals surface area contributed by atoms with Crippen LogP contribution in [0.1, 0.15) is 32.1 Å². The number of hydrogen-bond acceptors (Lipinski definition) is 2. The highest BCUT2D eigenvalue weighted by Gasteiger charge is 1.95. The first-order chi connectivity index (χ1) is 5.00. The predicted molar refractivity (Wildman–Crippen MR) is 52.3 cm³/mol. The van der Waals surface area contributed by atoms with Crippen LogP contribution in [0.4, 0.5) is 0 Å². The first kappa shape index (κ1) is 8.54. The molecule has 0 aromatic rings. The van der Waals surface area contributed by atoms with E-state index in [1.165, 1.54) is 37.9 Å². The standard InChI is InChI=1S/C5H10.C3H4S2/c2*1-2-4-5-3-1/h1-5H2;1-2H,3H2. The lowest BCUT2D eigenvalue weighted by Gasteiger charge is -1.69. The summed E-state index contributed by atoms with van der Waals surface area (Å²) < 4.78 is 0. The van der Waals surface area contributed by atoms with Crippen LogP contribution in [0.2, 0.25) is 0 Å². The van der Waals surface area contributed by atoms with Gasteiger partial charge in [-0.15, -0.1) is 0 Å². The Labute approximate surface area is 71.2 Å². The molecule has 58 valence electrons. The normalized spacial score (nSPS) is 22.4. The highest BCUT2D eigenvalue weighted by molar-refractivity contribution is 8.78. The molecular formula is C8H14S2. The minimum absolute atomic E-state index is 1.20. The van der Waals surface area contributed by atoms with Gasteiger partial charge in [0.05, 0.1) is 0 Å². The Kier molecular flexibility index (Phi) is 5.27. The van der Waals surface area contributed by atoms with Crippen molar-refractivity contribution in [1.29, 1.82) is 0 Å². The van der Waals surface area contributed by atoms with Crippen LogP contribution >= 0.6 is 21.6 Å². The van der Waals surface area contributed by atoms with Crippen LogP contribution < -0.4 is 0 Å². The van der Waals surface area contributed by atoms with Gasteiger partial charge in [-0.2, -0.15) is 0 Å². The highest BCUT2D eigenvalue weighted by atomic mass is 33.1. The van der Waals surface area contributed by atoms with Gasteiger partial charge >= 0.3 is 0 Å². The summed E-state index contributed by atoms with van der Waals surface area (Å²) in [6.45, 7) is 0. The molecule has 0 aromatic heterocycles. The fourth-order valence-electron chi connectivity index (χ4n) is 1.08. The Hall–Kier alpha value is 0.440. The minimum Gasteiger partial charge on any atom is -0.0854 e. The Bertz CT molecular complexity index is 81.8. The Balaban J connectivity index is 0.0000001000. The van der Waals surface area contributed by atoms with E-state index in [1.54, 1.807) is 0 Å². The van der Waals surface area contributed by atoms with Crippen LogP contribution in [-0.2, 0) is 0 Å². The molecule has 1 fully saturated rings. The van der Waals surface area contributed by atoms with Gasteiger partial charge in [-0.3, -0.25) is 0 Å². The zero-order chi connectivity index (χ0) is 7.07. The summed E-state index contributed by atoms with van der Waals surface area (Å²) in [6.07, 6.45) is 9.66. The molecule has 10 heavy (non-hydrogen) atoms. The van der Waals surface area contributed by atoms with E-state index < -0.39 is 0 Å². The molecule has 0 amide bonds. The van der Waals surface area contributed by atoms with Crippen molar-refractivity contribution in [3.8, 4) is 0 Å². The fourth-order valence-corrected chi connectivity index (χ4v) is 2.65. The van der Waals surface area contributed by atoms with Gasteiger partial charge in [0.15, 0.2) is 0 Å². The molecule has 0 aromatic carbocycles. The Morgan fingerprint density at radius 2 is 1.50 bits per heavy atom. The van der Waals surface area contributed by atoms with Crippen LogP contribution in [0.15, 0.2) is 11.5 Å². The van der Waals surface area contributed by atoms with Gasteiger partial charge in [0.25, 0.3) is 0 Å². The van der Waals surface area contributed by atoms with Gasteiger partial charge in [0, 0.05) is 5.75 Å². The second-order valence-electron chi connectivity index (χ2n) is 2.52. The average molecular weight is 174 g/mol. The van der Waals surface area contributed by atoms with Crippen molar-refractivity contribution in [3.05, 3.63) is 11.5 Å². The lowest BCUT2D eigenvalue weighted by Crippen LogP contribution is -1.47. The van der Waals surface area contributed by atoms with E-state index >= 15 is 0 Å². The molecule has 0 bridgehead atoms. The smallest absolute Gasteiger partial charge is 0.0229 e. The third-order valence-electron chi connectivity index (χ3n) is 1.63. The van der Waals surface area contributed by atoms with Crippen LogP contribution in [0, 0.1) is 0 Å². The lowest BCUT2D eigenvalue weighted by molar-refractivity contribution is 0.886. The quantitative estimate of drug-likeness (QED) is 0.512. The molecule has 2 aliphatic rings. The zero-order valence-corrected chi connectivity index (χ0v) is 7.85. The van der Waals surface area contributed by atoms with Gasteiger partial charge in [-0.25, -0.2) is 0 Å². The maximum absolute atomic E-state index is 2.16. The van der Waals surface area contributed by atoms with Crippen molar-refractivity contribution >= 4 is 21.6 Å². The van der Waals surface area contributed by atoms with E-state index in [1.807, 2.05) is 21.6 Å². The van der Waals surface area contributed by atoms with Crippen molar-refractivity contribution in [2.45, 2.75) is 32.1 Å². The highest BCUT2D eigenvalue weighted by Crippen LogP contribution is 2.27. The molecule has 0 radical (unpaired) electrons. The van der Waals surface area contributed by atoms with Gasteiger partial charge in [-0.1, -0.05) is 59.8 Å². The number of hydrogen-bond donors (Lipinski definition) is 0. The van der Waals surface area contributed by atoms with Gasteiger partial charge in [-0.05, 0) is 5.41 Å². The summed E-state index contributed by atoms with van der Waals surface area (Å²) in [5, 5.41) is 2.12. The monoisotopic (exact) mass is 174 g/mol. The third kappa shape index (κ3) is 4.29. The first-order valence-electron chi connectivity index (χ1n) is 3.93. The predicted octanol–water partition coefficient (Wildman–Crippen LogP) is 3.85. The van der Waals surface area contributed by atoms with Crippen LogP contribution in [0.5, 0.6) is 0 Å². The number of rotatable bonds is 0. The van der Waals surface area contributed by atoms with E-state index in [2.05, 4.69) is 11.5 Å². The second kappa shape index (κ2) is 6.17.